The Kier molecular flexibility index (Phi) is 3.51. The van der Waals surface area contributed by atoms with Crippen LogP contribution in [0.1, 0.15) is 19.4 Å². The second-order valence-corrected chi connectivity index (χ2v) is 2.72. The van der Waals surface area contributed by atoms with Crippen LogP contribution in [0.5, 0.6) is 5.88 Å². The van der Waals surface area contributed by atoms with Crippen LogP contribution >= 0.6 is 0 Å². The molecule has 2 aromatic heterocycles. The quantitative estimate of drug-likeness (QED) is 0.754. The van der Waals surface area contributed by atoms with E-state index in [2.05, 4.69) is 9.97 Å². The molecule has 3 heteroatoms. The Balaban J connectivity index is 0.000000461. The number of H-pyrrole nitrogens is 1. The Morgan fingerprint density at radius 2 is 2.00 bits per heavy atom. The van der Waals surface area contributed by atoms with Crippen molar-refractivity contribution in [2.75, 3.05) is 7.11 Å². The SMILES string of the molecule is CC.COc1ccc2c(C)c[nH]c2n1. The second-order valence-electron chi connectivity index (χ2n) is 2.72. The van der Waals surface area contributed by atoms with Crippen LogP contribution in [-0.4, -0.2) is 17.1 Å². The van der Waals surface area contributed by atoms with E-state index >= 15 is 0 Å². The van der Waals surface area contributed by atoms with Gasteiger partial charge < -0.3 is 9.72 Å². The highest BCUT2D eigenvalue weighted by Gasteiger charge is 2.01. The van der Waals surface area contributed by atoms with E-state index in [1.54, 1.807) is 7.11 Å². The number of aromatic nitrogens is 2. The molecule has 2 aromatic rings. The van der Waals surface area contributed by atoms with Crippen molar-refractivity contribution in [3.05, 3.63) is 23.9 Å². The summed E-state index contributed by atoms with van der Waals surface area (Å²) in [6.45, 7) is 6.05. The number of nitrogens with one attached hydrogen (secondary N) is 1. The molecule has 3 nitrogen and oxygen atoms in total. The molecule has 0 saturated carbocycles. The molecule has 76 valence electrons. The molecule has 0 amide bonds. The van der Waals surface area contributed by atoms with E-state index in [-0.39, 0.29) is 0 Å². The second kappa shape index (κ2) is 4.65. The summed E-state index contributed by atoms with van der Waals surface area (Å²) in [5, 5.41) is 1.15. The first-order chi connectivity index (χ1) is 6.81. The molecule has 2 heterocycles. The first kappa shape index (κ1) is 10.6. The van der Waals surface area contributed by atoms with Crippen molar-refractivity contribution in [1.29, 1.82) is 0 Å². The Morgan fingerprint density at radius 3 is 2.64 bits per heavy atom. The van der Waals surface area contributed by atoms with Gasteiger partial charge in [0.05, 0.1) is 7.11 Å². The normalized spacial score (nSPS) is 9.43. The van der Waals surface area contributed by atoms with Gasteiger partial charge in [-0.2, -0.15) is 4.98 Å². The maximum absolute atomic E-state index is 5.00. The van der Waals surface area contributed by atoms with Crippen molar-refractivity contribution in [3.63, 3.8) is 0 Å². The van der Waals surface area contributed by atoms with Gasteiger partial charge in [-0.3, -0.25) is 0 Å². The Hall–Kier alpha value is -1.51. The van der Waals surface area contributed by atoms with Gasteiger partial charge in [0.1, 0.15) is 5.65 Å². The molecule has 0 fully saturated rings. The highest BCUT2D eigenvalue weighted by Crippen LogP contribution is 2.18. The fraction of sp³-hybridized carbons (Fsp3) is 0.364. The number of hydrogen-bond acceptors (Lipinski definition) is 2. The Labute approximate surface area is 84.1 Å². The molecule has 0 unspecified atom stereocenters. The van der Waals surface area contributed by atoms with E-state index in [0.717, 1.165) is 11.0 Å². The zero-order valence-electron chi connectivity index (χ0n) is 9.09. The number of nitrogens with zero attached hydrogens (tertiary/aromatic N) is 1. The maximum Gasteiger partial charge on any atom is 0.214 e. The van der Waals surface area contributed by atoms with Crippen molar-refractivity contribution in [2.24, 2.45) is 0 Å². The van der Waals surface area contributed by atoms with E-state index in [1.165, 1.54) is 5.56 Å². The minimum atomic E-state index is 0.643. The van der Waals surface area contributed by atoms with Crippen LogP contribution < -0.4 is 4.74 Å². The van der Waals surface area contributed by atoms with Gasteiger partial charge in [-0.05, 0) is 18.6 Å². The number of pyridine rings is 1. The fourth-order valence-electron chi connectivity index (χ4n) is 1.24. The number of ether oxygens (including phenoxy) is 1. The smallest absolute Gasteiger partial charge is 0.214 e. The lowest BCUT2D eigenvalue weighted by atomic mass is 10.2. The van der Waals surface area contributed by atoms with Crippen LogP contribution in [0, 0.1) is 6.92 Å². The average Bonchev–Trinajstić information content (AvgIpc) is 2.63. The van der Waals surface area contributed by atoms with Crippen LogP contribution in [0.3, 0.4) is 0 Å². The average molecular weight is 192 g/mol. The Morgan fingerprint density at radius 1 is 1.29 bits per heavy atom. The number of aromatic amines is 1. The summed E-state index contributed by atoms with van der Waals surface area (Å²) in [4.78, 5) is 7.31. The number of rotatable bonds is 1. The summed E-state index contributed by atoms with van der Waals surface area (Å²) in [5.41, 5.74) is 2.09. The summed E-state index contributed by atoms with van der Waals surface area (Å²) in [5.74, 6) is 0.643. The molecule has 0 radical (unpaired) electrons. The summed E-state index contributed by atoms with van der Waals surface area (Å²) in [6, 6.07) is 3.87. The van der Waals surface area contributed by atoms with Crippen LogP contribution in [0.2, 0.25) is 0 Å². The molecule has 0 aliphatic heterocycles. The lowest BCUT2D eigenvalue weighted by Crippen LogP contribution is -1.86. The summed E-state index contributed by atoms with van der Waals surface area (Å²) < 4.78 is 5.00. The number of fused-ring (bicyclic) bond motifs is 1. The van der Waals surface area contributed by atoms with Crippen LogP contribution in [0.25, 0.3) is 11.0 Å². The van der Waals surface area contributed by atoms with E-state index in [4.69, 9.17) is 4.74 Å². The maximum atomic E-state index is 5.00. The van der Waals surface area contributed by atoms with Crippen LogP contribution in [0.15, 0.2) is 18.3 Å². The molecule has 0 aliphatic carbocycles. The lowest BCUT2D eigenvalue weighted by Gasteiger charge is -1.96. The number of aryl methyl sites for hydroxylation is 1. The van der Waals surface area contributed by atoms with Gasteiger partial charge in [0, 0.05) is 17.6 Å². The Bertz CT molecular complexity index is 407. The van der Waals surface area contributed by atoms with Gasteiger partial charge in [-0.1, -0.05) is 13.8 Å². The van der Waals surface area contributed by atoms with Crippen LogP contribution in [0.4, 0.5) is 0 Å². The predicted molar refractivity (Wildman–Crippen MR) is 58.7 cm³/mol. The van der Waals surface area contributed by atoms with Crippen molar-refractivity contribution in [2.45, 2.75) is 20.8 Å². The topological polar surface area (TPSA) is 37.9 Å². The minimum absolute atomic E-state index is 0.643. The molecule has 0 aromatic carbocycles. The highest BCUT2D eigenvalue weighted by atomic mass is 16.5. The van der Waals surface area contributed by atoms with Crippen molar-refractivity contribution < 1.29 is 4.74 Å². The monoisotopic (exact) mass is 192 g/mol. The molecule has 0 saturated heterocycles. The molecule has 1 N–H and O–H groups in total. The van der Waals surface area contributed by atoms with Gasteiger partial charge in [-0.25, -0.2) is 0 Å². The molecule has 0 bridgehead atoms. The van der Waals surface area contributed by atoms with Gasteiger partial charge >= 0.3 is 0 Å². The first-order valence-corrected chi connectivity index (χ1v) is 4.80. The van der Waals surface area contributed by atoms with E-state index in [9.17, 15) is 0 Å². The molecular formula is C11H16N2O. The molecule has 0 atom stereocenters. The standard InChI is InChI=1S/C9H10N2O.C2H6/c1-6-5-10-9-7(6)3-4-8(11-9)12-2;1-2/h3-5H,1-2H3,(H,10,11);1-2H3. The molecule has 0 aliphatic rings. The van der Waals surface area contributed by atoms with Crippen molar-refractivity contribution in [3.8, 4) is 5.88 Å². The third-order valence-electron chi connectivity index (χ3n) is 1.93. The van der Waals surface area contributed by atoms with Gasteiger partial charge in [-0.15, -0.1) is 0 Å². The lowest BCUT2D eigenvalue weighted by molar-refractivity contribution is 0.399. The van der Waals surface area contributed by atoms with Crippen LogP contribution in [-0.2, 0) is 0 Å². The molecule has 2 rings (SSSR count). The fourth-order valence-corrected chi connectivity index (χ4v) is 1.24. The number of methoxy groups -OCH3 is 1. The third-order valence-corrected chi connectivity index (χ3v) is 1.93. The number of hydrogen-bond donors (Lipinski definition) is 1. The van der Waals surface area contributed by atoms with Crippen molar-refractivity contribution >= 4 is 11.0 Å². The predicted octanol–water partition coefficient (Wildman–Crippen LogP) is 2.91. The highest BCUT2D eigenvalue weighted by molar-refractivity contribution is 5.79. The zero-order valence-corrected chi connectivity index (χ0v) is 9.09. The zero-order chi connectivity index (χ0) is 10.6. The third kappa shape index (κ3) is 1.87. The molecule has 14 heavy (non-hydrogen) atoms. The molecule has 0 spiro atoms. The largest absolute Gasteiger partial charge is 0.481 e. The van der Waals surface area contributed by atoms with Gasteiger partial charge in [0.2, 0.25) is 5.88 Å². The van der Waals surface area contributed by atoms with Gasteiger partial charge in [0.15, 0.2) is 0 Å². The van der Waals surface area contributed by atoms with E-state index < -0.39 is 0 Å². The molecular weight excluding hydrogens is 176 g/mol. The summed E-state index contributed by atoms with van der Waals surface area (Å²) in [7, 11) is 1.62. The van der Waals surface area contributed by atoms with E-state index in [1.807, 2.05) is 39.1 Å². The first-order valence-electron chi connectivity index (χ1n) is 4.80. The van der Waals surface area contributed by atoms with Gasteiger partial charge in [0.25, 0.3) is 0 Å². The van der Waals surface area contributed by atoms with E-state index in [0.29, 0.717) is 5.88 Å². The minimum Gasteiger partial charge on any atom is -0.481 e. The summed E-state index contributed by atoms with van der Waals surface area (Å²) >= 11 is 0. The van der Waals surface area contributed by atoms with Crippen molar-refractivity contribution in [1.82, 2.24) is 9.97 Å². The summed E-state index contributed by atoms with van der Waals surface area (Å²) in [6.07, 6.45) is 1.94.